The molecule has 1 atom stereocenters. The summed E-state index contributed by atoms with van der Waals surface area (Å²) in [7, 11) is 0. The lowest BCUT2D eigenvalue weighted by atomic mass is 10.1. The topological polar surface area (TPSA) is 40.7 Å². The third kappa shape index (κ3) is 3.20. The average molecular weight is 290 g/mol. The van der Waals surface area contributed by atoms with Gasteiger partial charge in [0.15, 0.2) is 0 Å². The SMILES string of the molecule is CC(Nc1ccc(Cl)cc1C(F)(F)F)c1ccn[nH]1. The van der Waals surface area contributed by atoms with Gasteiger partial charge in [0.1, 0.15) is 0 Å². The zero-order valence-electron chi connectivity index (χ0n) is 9.92. The van der Waals surface area contributed by atoms with E-state index in [9.17, 15) is 13.2 Å². The monoisotopic (exact) mass is 289 g/mol. The van der Waals surface area contributed by atoms with Crippen LogP contribution in [0.3, 0.4) is 0 Å². The molecule has 1 aromatic heterocycles. The lowest BCUT2D eigenvalue weighted by Crippen LogP contribution is -2.13. The van der Waals surface area contributed by atoms with Crippen molar-refractivity contribution in [2.24, 2.45) is 0 Å². The van der Waals surface area contributed by atoms with Crippen molar-refractivity contribution in [2.75, 3.05) is 5.32 Å². The molecule has 1 heterocycles. The Morgan fingerprint density at radius 3 is 2.63 bits per heavy atom. The molecular weight excluding hydrogens is 279 g/mol. The van der Waals surface area contributed by atoms with Gasteiger partial charge >= 0.3 is 6.18 Å². The molecular formula is C12H11ClF3N3. The highest BCUT2D eigenvalue weighted by molar-refractivity contribution is 6.30. The van der Waals surface area contributed by atoms with Crippen LogP contribution in [-0.4, -0.2) is 10.2 Å². The van der Waals surface area contributed by atoms with Gasteiger partial charge in [0, 0.05) is 16.9 Å². The van der Waals surface area contributed by atoms with E-state index in [1.54, 1.807) is 19.2 Å². The second-order valence-electron chi connectivity index (χ2n) is 4.07. The molecule has 1 unspecified atom stereocenters. The van der Waals surface area contributed by atoms with Crippen LogP contribution in [0.4, 0.5) is 18.9 Å². The number of halogens is 4. The van der Waals surface area contributed by atoms with E-state index >= 15 is 0 Å². The van der Waals surface area contributed by atoms with Crippen molar-refractivity contribution < 1.29 is 13.2 Å². The summed E-state index contributed by atoms with van der Waals surface area (Å²) in [6.07, 6.45) is -2.92. The summed E-state index contributed by atoms with van der Waals surface area (Å²) in [6.45, 7) is 1.74. The van der Waals surface area contributed by atoms with E-state index in [4.69, 9.17) is 11.6 Å². The summed E-state index contributed by atoms with van der Waals surface area (Å²) in [5.74, 6) is 0. The van der Waals surface area contributed by atoms with Crippen molar-refractivity contribution >= 4 is 17.3 Å². The van der Waals surface area contributed by atoms with Gasteiger partial charge < -0.3 is 5.32 Å². The summed E-state index contributed by atoms with van der Waals surface area (Å²) >= 11 is 5.62. The largest absolute Gasteiger partial charge is 0.418 e. The smallest absolute Gasteiger partial charge is 0.376 e. The van der Waals surface area contributed by atoms with E-state index in [-0.39, 0.29) is 16.8 Å². The molecule has 2 aromatic rings. The van der Waals surface area contributed by atoms with Crippen molar-refractivity contribution in [1.29, 1.82) is 0 Å². The lowest BCUT2D eigenvalue weighted by Gasteiger charge is -2.18. The molecule has 19 heavy (non-hydrogen) atoms. The van der Waals surface area contributed by atoms with Gasteiger partial charge in [0.25, 0.3) is 0 Å². The number of hydrogen-bond acceptors (Lipinski definition) is 2. The van der Waals surface area contributed by atoms with Gasteiger partial charge in [-0.05, 0) is 31.2 Å². The van der Waals surface area contributed by atoms with Crippen LogP contribution in [0.15, 0.2) is 30.5 Å². The molecule has 0 aliphatic heterocycles. The minimum absolute atomic E-state index is 0.0148. The molecule has 0 aliphatic rings. The van der Waals surface area contributed by atoms with E-state index in [0.717, 1.165) is 6.07 Å². The highest BCUT2D eigenvalue weighted by Gasteiger charge is 2.34. The van der Waals surface area contributed by atoms with Gasteiger partial charge in [0.05, 0.1) is 17.3 Å². The molecule has 0 fully saturated rings. The van der Waals surface area contributed by atoms with Crippen LogP contribution in [0.2, 0.25) is 5.02 Å². The third-order valence-corrected chi connectivity index (χ3v) is 2.88. The summed E-state index contributed by atoms with van der Waals surface area (Å²) in [6, 6.07) is 5.01. The van der Waals surface area contributed by atoms with Crippen molar-refractivity contribution in [3.05, 3.63) is 46.7 Å². The molecule has 0 amide bonds. The van der Waals surface area contributed by atoms with Crippen molar-refractivity contribution in [3.63, 3.8) is 0 Å². The van der Waals surface area contributed by atoms with Crippen LogP contribution in [0.1, 0.15) is 24.2 Å². The number of aromatic nitrogens is 2. The van der Waals surface area contributed by atoms with Crippen LogP contribution < -0.4 is 5.32 Å². The van der Waals surface area contributed by atoms with E-state index in [2.05, 4.69) is 15.5 Å². The molecule has 0 saturated carbocycles. The fraction of sp³-hybridized carbons (Fsp3) is 0.250. The van der Waals surface area contributed by atoms with Crippen molar-refractivity contribution in [2.45, 2.75) is 19.1 Å². The summed E-state index contributed by atoms with van der Waals surface area (Å²) < 4.78 is 38.7. The van der Waals surface area contributed by atoms with Crippen molar-refractivity contribution in [3.8, 4) is 0 Å². The van der Waals surface area contributed by atoms with Crippen LogP contribution in [-0.2, 0) is 6.18 Å². The summed E-state index contributed by atoms with van der Waals surface area (Å²) in [5.41, 5.74) is -0.103. The molecule has 0 spiro atoms. The Morgan fingerprint density at radius 1 is 1.32 bits per heavy atom. The van der Waals surface area contributed by atoms with Gasteiger partial charge in [-0.3, -0.25) is 5.10 Å². The van der Waals surface area contributed by atoms with Gasteiger partial charge in [-0.25, -0.2) is 0 Å². The fourth-order valence-corrected chi connectivity index (χ4v) is 1.87. The van der Waals surface area contributed by atoms with Crippen LogP contribution in [0, 0.1) is 0 Å². The number of alkyl halides is 3. The van der Waals surface area contributed by atoms with E-state index in [1.165, 1.54) is 12.1 Å². The maximum atomic E-state index is 12.9. The first-order chi connectivity index (χ1) is 8.88. The summed E-state index contributed by atoms with van der Waals surface area (Å²) in [5, 5.41) is 9.31. The Balaban J connectivity index is 2.30. The van der Waals surface area contributed by atoms with Gasteiger partial charge in [-0.1, -0.05) is 11.6 Å². The Hall–Kier alpha value is -1.69. The Labute approximate surface area is 112 Å². The zero-order valence-corrected chi connectivity index (χ0v) is 10.7. The highest BCUT2D eigenvalue weighted by Crippen LogP contribution is 2.37. The number of anilines is 1. The first-order valence-corrected chi connectivity index (χ1v) is 5.88. The van der Waals surface area contributed by atoms with Crippen LogP contribution >= 0.6 is 11.6 Å². The number of rotatable bonds is 3. The average Bonchev–Trinajstić information content (AvgIpc) is 2.83. The number of aromatic amines is 1. The zero-order chi connectivity index (χ0) is 14.0. The molecule has 2 N–H and O–H groups in total. The van der Waals surface area contributed by atoms with Gasteiger partial charge in [0.2, 0.25) is 0 Å². The quantitative estimate of drug-likeness (QED) is 0.886. The standard InChI is InChI=1S/C12H11ClF3N3/c1-7(10-4-5-17-19-10)18-11-3-2-8(13)6-9(11)12(14,15)16/h2-7,18H,1H3,(H,17,19). The first-order valence-electron chi connectivity index (χ1n) is 5.50. The van der Waals surface area contributed by atoms with E-state index < -0.39 is 11.7 Å². The Bertz CT molecular complexity index is 552. The van der Waals surface area contributed by atoms with E-state index in [1.807, 2.05) is 0 Å². The molecule has 2 rings (SSSR count). The second-order valence-corrected chi connectivity index (χ2v) is 4.50. The molecule has 3 nitrogen and oxygen atoms in total. The van der Waals surface area contributed by atoms with Crippen LogP contribution in [0.25, 0.3) is 0 Å². The predicted molar refractivity (Wildman–Crippen MR) is 67.1 cm³/mol. The number of nitrogens with zero attached hydrogens (tertiary/aromatic N) is 1. The number of hydrogen-bond donors (Lipinski definition) is 2. The summed E-state index contributed by atoms with van der Waals surface area (Å²) in [4.78, 5) is 0. The van der Waals surface area contributed by atoms with E-state index in [0.29, 0.717) is 5.69 Å². The minimum atomic E-state index is -4.46. The maximum absolute atomic E-state index is 12.9. The number of H-pyrrole nitrogens is 1. The molecule has 0 bridgehead atoms. The molecule has 0 saturated heterocycles. The molecule has 0 radical (unpaired) electrons. The molecule has 0 aliphatic carbocycles. The Kier molecular flexibility index (Phi) is 3.71. The molecule has 7 heteroatoms. The maximum Gasteiger partial charge on any atom is 0.418 e. The lowest BCUT2D eigenvalue weighted by molar-refractivity contribution is -0.137. The second kappa shape index (κ2) is 5.13. The van der Waals surface area contributed by atoms with Gasteiger partial charge in [-0.2, -0.15) is 18.3 Å². The predicted octanol–water partition coefficient (Wildman–Crippen LogP) is 4.26. The fourth-order valence-electron chi connectivity index (χ4n) is 1.70. The molecule has 1 aromatic carbocycles. The highest BCUT2D eigenvalue weighted by atomic mass is 35.5. The third-order valence-electron chi connectivity index (χ3n) is 2.65. The number of benzene rings is 1. The molecule has 102 valence electrons. The Morgan fingerprint density at radius 2 is 2.05 bits per heavy atom. The van der Waals surface area contributed by atoms with Gasteiger partial charge in [-0.15, -0.1) is 0 Å². The normalized spacial score (nSPS) is 13.3. The minimum Gasteiger partial charge on any atom is -0.376 e. The number of nitrogens with one attached hydrogen (secondary N) is 2. The first kappa shape index (κ1) is 13.7. The van der Waals surface area contributed by atoms with Crippen molar-refractivity contribution in [1.82, 2.24) is 10.2 Å². The van der Waals surface area contributed by atoms with Crippen LogP contribution in [0.5, 0.6) is 0 Å².